The summed E-state index contributed by atoms with van der Waals surface area (Å²) in [5.41, 5.74) is 1.08. The van der Waals surface area contributed by atoms with Gasteiger partial charge in [-0.05, 0) is 27.7 Å². The average Bonchev–Trinajstić information content (AvgIpc) is 2.94. The topological polar surface area (TPSA) is 52.6 Å². The van der Waals surface area contributed by atoms with Crippen LogP contribution in [0.25, 0.3) is 0 Å². The molecule has 0 fully saturated rings. The zero-order valence-electron chi connectivity index (χ0n) is 15.7. The van der Waals surface area contributed by atoms with Gasteiger partial charge in [0.25, 0.3) is 0 Å². The first-order chi connectivity index (χ1) is 10.8. The van der Waals surface area contributed by atoms with Crippen molar-refractivity contribution in [3.8, 4) is 0 Å². The van der Waals surface area contributed by atoms with Crippen molar-refractivity contribution in [3.63, 3.8) is 0 Å². The molecule has 0 radical (unpaired) electrons. The zero-order valence-corrected chi connectivity index (χ0v) is 16.5. The van der Waals surface area contributed by atoms with E-state index in [1.54, 1.807) is 18.4 Å². The van der Waals surface area contributed by atoms with E-state index in [-0.39, 0.29) is 0 Å². The summed E-state index contributed by atoms with van der Waals surface area (Å²) in [7, 11) is 1.80. The monoisotopic (exact) mass is 339 g/mol. The van der Waals surface area contributed by atoms with Gasteiger partial charge in [-0.25, -0.2) is 4.98 Å². The van der Waals surface area contributed by atoms with Gasteiger partial charge in [0.05, 0.1) is 17.2 Å². The maximum atomic E-state index is 4.64. The van der Waals surface area contributed by atoms with Gasteiger partial charge in [-0.1, -0.05) is 13.8 Å². The molecule has 0 saturated carbocycles. The van der Waals surface area contributed by atoms with Crippen LogP contribution in [0.5, 0.6) is 0 Å². The molecule has 0 aliphatic heterocycles. The van der Waals surface area contributed by atoms with Crippen LogP contribution in [0.3, 0.4) is 0 Å². The first-order valence-electron chi connectivity index (χ1n) is 8.49. The van der Waals surface area contributed by atoms with Crippen molar-refractivity contribution in [2.75, 3.05) is 20.1 Å². The maximum Gasteiger partial charge on any atom is 0.191 e. The largest absolute Gasteiger partial charge is 0.355 e. The van der Waals surface area contributed by atoms with Crippen LogP contribution in [0.1, 0.15) is 58.2 Å². The van der Waals surface area contributed by atoms with E-state index in [1.165, 1.54) is 5.01 Å². The van der Waals surface area contributed by atoms with Gasteiger partial charge in [-0.3, -0.25) is 9.89 Å². The van der Waals surface area contributed by atoms with Gasteiger partial charge in [0.15, 0.2) is 5.96 Å². The Kier molecular flexibility index (Phi) is 8.55. The van der Waals surface area contributed by atoms with Gasteiger partial charge in [0.2, 0.25) is 0 Å². The van der Waals surface area contributed by atoms with Crippen molar-refractivity contribution >= 4 is 17.3 Å². The van der Waals surface area contributed by atoms with Crippen LogP contribution in [-0.4, -0.2) is 48.1 Å². The Hall–Kier alpha value is -1.14. The number of nitrogens with zero attached hydrogens (tertiary/aromatic N) is 3. The molecule has 1 rings (SSSR count). The van der Waals surface area contributed by atoms with Crippen LogP contribution in [0.4, 0.5) is 0 Å². The van der Waals surface area contributed by atoms with Gasteiger partial charge >= 0.3 is 0 Å². The molecule has 0 spiro atoms. The van der Waals surface area contributed by atoms with E-state index in [9.17, 15) is 0 Å². The number of aromatic nitrogens is 1. The lowest BCUT2D eigenvalue weighted by Crippen LogP contribution is -2.45. The first-order valence-corrected chi connectivity index (χ1v) is 9.37. The molecule has 1 aromatic rings. The third-order valence-corrected chi connectivity index (χ3v) is 4.91. The highest BCUT2D eigenvalue weighted by molar-refractivity contribution is 7.09. The fourth-order valence-corrected chi connectivity index (χ4v) is 3.31. The van der Waals surface area contributed by atoms with E-state index in [0.717, 1.165) is 24.7 Å². The first kappa shape index (κ1) is 19.9. The fourth-order valence-electron chi connectivity index (χ4n) is 2.48. The molecule has 0 unspecified atom stereocenters. The van der Waals surface area contributed by atoms with E-state index in [1.807, 2.05) is 0 Å². The predicted molar refractivity (Wildman–Crippen MR) is 101 cm³/mol. The maximum absolute atomic E-state index is 4.64. The molecule has 0 saturated heterocycles. The molecule has 0 atom stereocenters. The van der Waals surface area contributed by atoms with Crippen molar-refractivity contribution in [2.45, 2.75) is 66.1 Å². The van der Waals surface area contributed by atoms with Crippen LogP contribution >= 0.6 is 11.3 Å². The Labute approximate surface area is 145 Å². The lowest BCUT2D eigenvalue weighted by Gasteiger charge is -2.30. The number of hydrogen-bond acceptors (Lipinski definition) is 4. The second-order valence-corrected chi connectivity index (χ2v) is 7.50. The Balaban J connectivity index is 2.39. The van der Waals surface area contributed by atoms with Crippen LogP contribution < -0.4 is 10.6 Å². The fraction of sp³-hybridized carbons (Fsp3) is 0.765. The second-order valence-electron chi connectivity index (χ2n) is 6.61. The third kappa shape index (κ3) is 6.87. The normalized spacial score (nSPS) is 12.7. The third-order valence-electron chi connectivity index (χ3n) is 3.71. The SMILES string of the molecule is CN=C(NCCN(C(C)C)C(C)C)NCc1csc(C(C)C)n1. The number of hydrogen-bond donors (Lipinski definition) is 2. The molecular formula is C17H33N5S. The minimum atomic E-state index is 0.490. The Morgan fingerprint density at radius 1 is 1.17 bits per heavy atom. The molecule has 132 valence electrons. The summed E-state index contributed by atoms with van der Waals surface area (Å²) >= 11 is 1.73. The van der Waals surface area contributed by atoms with Crippen molar-refractivity contribution in [1.29, 1.82) is 0 Å². The molecule has 5 nitrogen and oxygen atoms in total. The van der Waals surface area contributed by atoms with Gasteiger partial charge in [-0.15, -0.1) is 11.3 Å². The molecule has 0 aliphatic carbocycles. The molecule has 0 bridgehead atoms. The molecule has 1 aromatic heterocycles. The predicted octanol–water partition coefficient (Wildman–Crippen LogP) is 3.05. The summed E-state index contributed by atoms with van der Waals surface area (Å²) in [5.74, 6) is 1.32. The number of nitrogens with one attached hydrogen (secondary N) is 2. The van der Waals surface area contributed by atoms with Crippen molar-refractivity contribution in [1.82, 2.24) is 20.5 Å². The van der Waals surface area contributed by atoms with Crippen LogP contribution in [-0.2, 0) is 6.54 Å². The highest BCUT2D eigenvalue weighted by Gasteiger charge is 2.12. The number of guanidine groups is 1. The lowest BCUT2D eigenvalue weighted by atomic mass is 10.2. The lowest BCUT2D eigenvalue weighted by molar-refractivity contribution is 0.178. The van der Waals surface area contributed by atoms with Crippen LogP contribution in [0.15, 0.2) is 10.4 Å². The van der Waals surface area contributed by atoms with E-state index < -0.39 is 0 Å². The highest BCUT2D eigenvalue weighted by atomic mass is 32.1. The molecular weight excluding hydrogens is 306 g/mol. The molecule has 0 amide bonds. The molecule has 0 aliphatic rings. The number of thiazole rings is 1. The Morgan fingerprint density at radius 2 is 1.83 bits per heavy atom. The molecule has 23 heavy (non-hydrogen) atoms. The van der Waals surface area contributed by atoms with Crippen LogP contribution in [0, 0.1) is 0 Å². The van der Waals surface area contributed by atoms with E-state index in [4.69, 9.17) is 0 Å². The standard InChI is InChI=1S/C17H33N5S/c1-12(2)16-21-15(11-23-16)10-20-17(18-7)19-8-9-22(13(3)4)14(5)6/h11-14H,8-10H2,1-7H3,(H2,18,19,20). The van der Waals surface area contributed by atoms with Crippen molar-refractivity contribution in [2.24, 2.45) is 4.99 Å². The summed E-state index contributed by atoms with van der Waals surface area (Å²) in [4.78, 5) is 11.4. The summed E-state index contributed by atoms with van der Waals surface area (Å²) in [6.45, 7) is 15.9. The molecule has 0 aromatic carbocycles. The quantitative estimate of drug-likeness (QED) is 0.564. The minimum Gasteiger partial charge on any atom is -0.355 e. The summed E-state index contributed by atoms with van der Waals surface area (Å²) < 4.78 is 0. The summed E-state index contributed by atoms with van der Waals surface area (Å²) in [6.07, 6.45) is 0. The van der Waals surface area contributed by atoms with Gasteiger partial charge < -0.3 is 10.6 Å². The van der Waals surface area contributed by atoms with Gasteiger partial charge in [0, 0.05) is 43.5 Å². The van der Waals surface area contributed by atoms with Crippen molar-refractivity contribution in [3.05, 3.63) is 16.1 Å². The van der Waals surface area contributed by atoms with Crippen LogP contribution in [0.2, 0.25) is 0 Å². The highest BCUT2D eigenvalue weighted by Crippen LogP contribution is 2.18. The molecule has 6 heteroatoms. The zero-order chi connectivity index (χ0) is 17.4. The summed E-state index contributed by atoms with van der Waals surface area (Å²) in [5, 5.41) is 10.0. The molecule has 2 N–H and O–H groups in total. The number of aliphatic imine (C=N–C) groups is 1. The van der Waals surface area contributed by atoms with Gasteiger partial charge in [-0.2, -0.15) is 0 Å². The number of rotatable bonds is 8. The van der Waals surface area contributed by atoms with E-state index >= 15 is 0 Å². The van der Waals surface area contributed by atoms with E-state index in [0.29, 0.717) is 24.5 Å². The smallest absolute Gasteiger partial charge is 0.191 e. The van der Waals surface area contributed by atoms with E-state index in [2.05, 4.69) is 72.4 Å². The summed E-state index contributed by atoms with van der Waals surface area (Å²) in [6, 6.07) is 1.10. The van der Waals surface area contributed by atoms with Gasteiger partial charge in [0.1, 0.15) is 0 Å². The Bertz CT molecular complexity index is 471. The van der Waals surface area contributed by atoms with Crippen molar-refractivity contribution < 1.29 is 0 Å². The molecule has 1 heterocycles. The minimum absolute atomic E-state index is 0.490. The second kappa shape index (κ2) is 9.88. The Morgan fingerprint density at radius 3 is 2.30 bits per heavy atom. The average molecular weight is 340 g/mol.